The molecule has 7 heteroatoms. The van der Waals surface area contributed by atoms with Gasteiger partial charge in [-0.15, -0.1) is 0 Å². The van der Waals surface area contributed by atoms with Crippen LogP contribution < -0.4 is 5.32 Å². The zero-order chi connectivity index (χ0) is 24.2. The number of likely N-dealkylation sites (tertiary alicyclic amines) is 1. The second-order valence-corrected chi connectivity index (χ2v) is 9.49. The lowest BCUT2D eigenvalue weighted by Gasteiger charge is -2.36. The summed E-state index contributed by atoms with van der Waals surface area (Å²) in [6.07, 6.45) is 1.37. The number of piperidine rings is 1. The van der Waals surface area contributed by atoms with Gasteiger partial charge in [0.2, 0.25) is 5.91 Å². The minimum Gasteiger partial charge on any atom is -0.480 e. The van der Waals surface area contributed by atoms with Crippen LogP contribution in [0.5, 0.6) is 0 Å². The number of benzene rings is 2. The predicted octanol–water partition coefficient (Wildman–Crippen LogP) is 4.41. The summed E-state index contributed by atoms with van der Waals surface area (Å²) in [5, 5.41) is 12.2. The van der Waals surface area contributed by atoms with E-state index in [9.17, 15) is 19.5 Å². The van der Waals surface area contributed by atoms with E-state index in [4.69, 9.17) is 4.74 Å². The van der Waals surface area contributed by atoms with Crippen LogP contribution in [0.25, 0.3) is 11.1 Å². The summed E-state index contributed by atoms with van der Waals surface area (Å²) in [7, 11) is 0. The van der Waals surface area contributed by atoms with Crippen LogP contribution in [0.3, 0.4) is 0 Å². The number of fused-ring (bicyclic) bond motifs is 3. The molecular formula is C27H32N2O5. The molecule has 1 aliphatic carbocycles. The number of hydrogen-bond acceptors (Lipinski definition) is 4. The summed E-state index contributed by atoms with van der Waals surface area (Å²) < 4.78 is 5.57. The predicted molar refractivity (Wildman–Crippen MR) is 128 cm³/mol. The third-order valence-electron chi connectivity index (χ3n) is 6.92. The van der Waals surface area contributed by atoms with E-state index >= 15 is 0 Å². The van der Waals surface area contributed by atoms with Gasteiger partial charge in [0.1, 0.15) is 12.6 Å². The van der Waals surface area contributed by atoms with Crippen LogP contribution in [0.4, 0.5) is 4.79 Å². The number of aliphatic carboxylic acids is 1. The van der Waals surface area contributed by atoms with Gasteiger partial charge in [0.25, 0.3) is 0 Å². The summed E-state index contributed by atoms with van der Waals surface area (Å²) in [6.45, 7) is 4.54. The van der Waals surface area contributed by atoms with E-state index < -0.39 is 18.1 Å². The molecule has 2 amide bonds. The van der Waals surface area contributed by atoms with E-state index in [0.717, 1.165) is 17.5 Å². The van der Waals surface area contributed by atoms with E-state index in [0.29, 0.717) is 19.4 Å². The lowest BCUT2D eigenvalue weighted by atomic mass is 9.93. The van der Waals surface area contributed by atoms with Crippen molar-refractivity contribution in [2.24, 2.45) is 5.92 Å². The molecule has 7 nitrogen and oxygen atoms in total. The second kappa shape index (κ2) is 10.3. The van der Waals surface area contributed by atoms with Gasteiger partial charge in [0.05, 0.1) is 0 Å². The quantitative estimate of drug-likeness (QED) is 0.633. The van der Waals surface area contributed by atoms with Gasteiger partial charge in [-0.3, -0.25) is 4.79 Å². The molecule has 0 bridgehead atoms. The average Bonchev–Trinajstić information content (AvgIpc) is 3.14. The summed E-state index contributed by atoms with van der Waals surface area (Å²) in [5.74, 6) is -0.856. The molecule has 4 rings (SSSR count). The first-order chi connectivity index (χ1) is 16.3. The first kappa shape index (κ1) is 23.8. The highest BCUT2D eigenvalue weighted by Gasteiger charge is 2.34. The lowest BCUT2D eigenvalue weighted by Crippen LogP contribution is -2.50. The van der Waals surface area contributed by atoms with Gasteiger partial charge < -0.3 is 20.1 Å². The number of nitrogens with one attached hydrogen (secondary N) is 1. The largest absolute Gasteiger partial charge is 0.480 e. The molecule has 1 fully saturated rings. The second-order valence-electron chi connectivity index (χ2n) is 9.49. The van der Waals surface area contributed by atoms with E-state index in [1.54, 1.807) is 0 Å². The number of carboxylic acids is 1. The van der Waals surface area contributed by atoms with Gasteiger partial charge >= 0.3 is 12.1 Å². The molecular weight excluding hydrogens is 432 g/mol. The molecule has 3 atom stereocenters. The Kier molecular flexibility index (Phi) is 7.20. The van der Waals surface area contributed by atoms with E-state index in [-0.39, 0.29) is 36.8 Å². The summed E-state index contributed by atoms with van der Waals surface area (Å²) in [4.78, 5) is 38.2. The normalized spacial score (nSPS) is 20.2. The molecule has 1 saturated heterocycles. The Hall–Kier alpha value is -3.35. The number of carbonyl (C=O) groups is 3. The van der Waals surface area contributed by atoms with Crippen LogP contribution in [0.1, 0.15) is 56.6 Å². The van der Waals surface area contributed by atoms with Crippen LogP contribution in [0, 0.1) is 5.92 Å². The van der Waals surface area contributed by atoms with Crippen LogP contribution in [0.2, 0.25) is 0 Å². The molecule has 2 aromatic rings. The van der Waals surface area contributed by atoms with Crippen LogP contribution in [0.15, 0.2) is 48.5 Å². The van der Waals surface area contributed by atoms with Crippen molar-refractivity contribution >= 4 is 18.0 Å². The van der Waals surface area contributed by atoms with Crippen molar-refractivity contribution in [2.45, 2.75) is 57.5 Å². The molecule has 1 aliphatic heterocycles. The van der Waals surface area contributed by atoms with Crippen molar-refractivity contribution in [2.75, 3.05) is 13.2 Å². The Morgan fingerprint density at radius 1 is 1.06 bits per heavy atom. The molecule has 2 aromatic carbocycles. The highest BCUT2D eigenvalue weighted by Crippen LogP contribution is 2.44. The highest BCUT2D eigenvalue weighted by molar-refractivity contribution is 5.84. The minimum atomic E-state index is -0.954. The van der Waals surface area contributed by atoms with Crippen molar-refractivity contribution in [3.63, 3.8) is 0 Å². The number of carboxylic acid groups (broad SMARTS) is 1. The molecule has 3 unspecified atom stereocenters. The number of rotatable bonds is 7. The maximum Gasteiger partial charge on any atom is 0.407 e. The summed E-state index contributed by atoms with van der Waals surface area (Å²) in [6, 6.07) is 15.3. The maximum absolute atomic E-state index is 12.7. The lowest BCUT2D eigenvalue weighted by molar-refractivity contribution is -0.153. The zero-order valence-corrected chi connectivity index (χ0v) is 19.7. The Morgan fingerprint density at radius 3 is 2.29 bits per heavy atom. The Bertz CT molecular complexity index is 1020. The first-order valence-corrected chi connectivity index (χ1v) is 12.0. The Morgan fingerprint density at radius 2 is 1.68 bits per heavy atom. The van der Waals surface area contributed by atoms with Crippen molar-refractivity contribution < 1.29 is 24.2 Å². The third kappa shape index (κ3) is 5.08. The highest BCUT2D eigenvalue weighted by atomic mass is 16.5. The summed E-state index contributed by atoms with van der Waals surface area (Å²) >= 11 is 0. The number of amides is 2. The van der Waals surface area contributed by atoms with Gasteiger partial charge in [-0.2, -0.15) is 0 Å². The smallest absolute Gasteiger partial charge is 0.407 e. The monoisotopic (exact) mass is 464 g/mol. The number of ether oxygens (including phenoxy) is 1. The van der Waals surface area contributed by atoms with E-state index in [1.165, 1.54) is 16.0 Å². The molecule has 2 N–H and O–H groups in total. The fourth-order valence-corrected chi connectivity index (χ4v) is 5.08. The van der Waals surface area contributed by atoms with Gasteiger partial charge in [0.15, 0.2) is 0 Å². The van der Waals surface area contributed by atoms with Gasteiger partial charge in [-0.25, -0.2) is 9.59 Å². The van der Waals surface area contributed by atoms with Crippen molar-refractivity contribution in [3.05, 3.63) is 59.7 Å². The molecule has 0 radical (unpaired) electrons. The van der Waals surface area contributed by atoms with Gasteiger partial charge in [-0.1, -0.05) is 55.5 Å². The number of carbonyl (C=O) groups excluding carboxylic acids is 2. The number of alkyl carbamates (subject to hydrolysis) is 1. The van der Waals surface area contributed by atoms with Crippen molar-refractivity contribution in [1.29, 1.82) is 0 Å². The number of nitrogens with zero attached hydrogens (tertiary/aromatic N) is 1. The molecule has 2 aliphatic rings. The van der Waals surface area contributed by atoms with Crippen molar-refractivity contribution in [1.82, 2.24) is 10.2 Å². The third-order valence-corrected chi connectivity index (χ3v) is 6.92. The first-order valence-electron chi connectivity index (χ1n) is 12.0. The molecule has 34 heavy (non-hydrogen) atoms. The molecule has 1 heterocycles. The van der Waals surface area contributed by atoms with Gasteiger partial charge in [0, 0.05) is 24.9 Å². The van der Waals surface area contributed by atoms with Gasteiger partial charge in [-0.05, 0) is 54.4 Å². The Balaban J connectivity index is 1.28. The van der Waals surface area contributed by atoms with E-state index in [1.807, 2.05) is 38.1 Å². The fraction of sp³-hybridized carbons (Fsp3) is 0.444. The van der Waals surface area contributed by atoms with Crippen LogP contribution >= 0.6 is 0 Å². The van der Waals surface area contributed by atoms with E-state index in [2.05, 4.69) is 29.6 Å². The fourth-order valence-electron chi connectivity index (χ4n) is 5.08. The standard InChI is InChI=1S/C27H32N2O5/c1-17-11-13-24(26(31)32)29(15-17)25(30)14-12-18(2)28-27(33)34-16-23-21-9-5-3-7-19(21)20-8-4-6-10-22(20)23/h3-10,17-18,23-24H,11-16H2,1-2H3,(H,28,33)(H,31,32). The van der Waals surface area contributed by atoms with Crippen LogP contribution in [-0.2, 0) is 14.3 Å². The SMILES string of the molecule is CC1CCC(C(=O)O)N(C(=O)CCC(C)NC(=O)OCC2c3ccccc3-c3ccccc32)C1. The minimum absolute atomic E-state index is 0.0101. The average molecular weight is 465 g/mol. The number of hydrogen-bond donors (Lipinski definition) is 2. The zero-order valence-electron chi connectivity index (χ0n) is 19.7. The molecule has 180 valence electrons. The Labute approximate surface area is 200 Å². The topological polar surface area (TPSA) is 95.9 Å². The molecule has 0 saturated carbocycles. The summed E-state index contributed by atoms with van der Waals surface area (Å²) in [5.41, 5.74) is 4.65. The van der Waals surface area contributed by atoms with Crippen LogP contribution in [-0.4, -0.2) is 53.2 Å². The molecule has 0 spiro atoms. The maximum atomic E-state index is 12.7. The van der Waals surface area contributed by atoms with Crippen molar-refractivity contribution in [3.8, 4) is 11.1 Å². The molecule has 0 aromatic heterocycles.